The summed E-state index contributed by atoms with van der Waals surface area (Å²) in [5.41, 5.74) is 1.43. The zero-order valence-corrected chi connectivity index (χ0v) is 20.3. The lowest BCUT2D eigenvalue weighted by atomic mass is 10.3. The Morgan fingerprint density at radius 2 is 1.74 bits per heavy atom. The van der Waals surface area contributed by atoms with Gasteiger partial charge in [-0.25, -0.2) is 13.2 Å². The summed E-state index contributed by atoms with van der Waals surface area (Å²) in [6.07, 6.45) is 0. The number of hydrogen-bond donors (Lipinski definition) is 2. The second-order valence-electron chi connectivity index (χ2n) is 7.39. The fourth-order valence-corrected chi connectivity index (χ4v) is 5.20. The van der Waals surface area contributed by atoms with Crippen molar-refractivity contribution >= 4 is 61.6 Å². The average molecular weight is 536 g/mol. The number of fused-ring (bicyclic) bond motifs is 1. The van der Waals surface area contributed by atoms with E-state index in [0.29, 0.717) is 16.8 Å². The third kappa shape index (κ3) is 5.20. The van der Waals surface area contributed by atoms with E-state index in [1.54, 1.807) is 24.3 Å². The Morgan fingerprint density at radius 1 is 1.03 bits per heavy atom. The number of nitrogens with zero attached hydrogens (tertiary/aromatic N) is 2. The van der Waals surface area contributed by atoms with Gasteiger partial charge in [0.15, 0.2) is 5.58 Å². The Morgan fingerprint density at radius 3 is 2.43 bits per heavy atom. The molecular formula is C23H19Cl2N3O6S. The van der Waals surface area contributed by atoms with Gasteiger partial charge in [-0.3, -0.25) is 13.7 Å². The zero-order valence-electron chi connectivity index (χ0n) is 18.0. The molecule has 12 heteroatoms. The molecule has 182 valence electrons. The minimum Gasteiger partial charge on any atom is -0.408 e. The first-order valence-electron chi connectivity index (χ1n) is 10.3. The molecule has 35 heavy (non-hydrogen) atoms. The van der Waals surface area contributed by atoms with Crippen LogP contribution in [-0.2, 0) is 21.4 Å². The number of oxazole rings is 1. The van der Waals surface area contributed by atoms with Crippen molar-refractivity contribution < 1.29 is 22.7 Å². The second kappa shape index (κ2) is 10.1. The summed E-state index contributed by atoms with van der Waals surface area (Å²) >= 11 is 12.0. The number of sulfonamides is 1. The molecule has 1 amide bonds. The average Bonchev–Trinajstić information content (AvgIpc) is 3.14. The first-order valence-corrected chi connectivity index (χ1v) is 12.5. The van der Waals surface area contributed by atoms with Crippen LogP contribution in [0.25, 0.3) is 11.1 Å². The van der Waals surface area contributed by atoms with Crippen molar-refractivity contribution in [2.45, 2.75) is 11.4 Å². The molecule has 0 saturated heterocycles. The molecular weight excluding hydrogens is 517 g/mol. The normalized spacial score (nSPS) is 11.5. The predicted molar refractivity (Wildman–Crippen MR) is 134 cm³/mol. The highest BCUT2D eigenvalue weighted by Crippen LogP contribution is 2.30. The Hall–Kier alpha value is -3.31. The van der Waals surface area contributed by atoms with E-state index in [-0.39, 0.29) is 33.7 Å². The van der Waals surface area contributed by atoms with Crippen molar-refractivity contribution in [2.75, 3.05) is 22.8 Å². The maximum absolute atomic E-state index is 13.2. The van der Waals surface area contributed by atoms with Gasteiger partial charge in [0.1, 0.15) is 6.54 Å². The van der Waals surface area contributed by atoms with Gasteiger partial charge in [0, 0.05) is 5.69 Å². The van der Waals surface area contributed by atoms with Crippen LogP contribution < -0.4 is 15.4 Å². The number of halogens is 2. The van der Waals surface area contributed by atoms with Gasteiger partial charge in [-0.05, 0) is 54.6 Å². The van der Waals surface area contributed by atoms with Crippen molar-refractivity contribution in [3.8, 4) is 0 Å². The van der Waals surface area contributed by atoms with Crippen LogP contribution in [0, 0.1) is 0 Å². The molecule has 1 heterocycles. The molecule has 0 saturated carbocycles. The highest BCUT2D eigenvalue weighted by molar-refractivity contribution is 7.92. The van der Waals surface area contributed by atoms with Crippen molar-refractivity contribution in [2.24, 2.45) is 0 Å². The number of anilines is 2. The monoisotopic (exact) mass is 535 g/mol. The standard InChI is InChI=1S/C23H19Cl2N3O6S/c24-18-10-7-16(13-19(18)25)28(11-12-29)35(32,33)17-8-5-15(6-9-17)26-22(30)14-27-20-3-1-2-4-21(20)34-23(27)31/h1-10,13,29H,11-12,14H2,(H,26,30). The van der Waals surface area contributed by atoms with Crippen LogP contribution in [0.15, 0.2) is 80.8 Å². The summed E-state index contributed by atoms with van der Waals surface area (Å²) in [6, 6.07) is 16.6. The first kappa shape index (κ1) is 24.8. The number of amides is 1. The van der Waals surface area contributed by atoms with Gasteiger partial charge in [-0.15, -0.1) is 0 Å². The number of nitrogens with one attached hydrogen (secondary N) is 1. The summed E-state index contributed by atoms with van der Waals surface area (Å²) in [7, 11) is -4.06. The molecule has 0 spiro atoms. The molecule has 4 aromatic rings. The third-order valence-corrected chi connectivity index (χ3v) is 7.68. The maximum atomic E-state index is 13.2. The number of rotatable bonds is 8. The van der Waals surface area contributed by atoms with E-state index < -0.39 is 28.3 Å². The molecule has 9 nitrogen and oxygen atoms in total. The largest absolute Gasteiger partial charge is 0.420 e. The number of hydrogen-bond acceptors (Lipinski definition) is 6. The summed E-state index contributed by atoms with van der Waals surface area (Å²) in [5, 5.41) is 12.5. The van der Waals surface area contributed by atoms with Gasteiger partial charge in [-0.1, -0.05) is 35.3 Å². The lowest BCUT2D eigenvalue weighted by molar-refractivity contribution is -0.116. The van der Waals surface area contributed by atoms with Gasteiger partial charge >= 0.3 is 5.76 Å². The van der Waals surface area contributed by atoms with Crippen LogP contribution in [0.2, 0.25) is 10.0 Å². The molecule has 0 fully saturated rings. The molecule has 0 atom stereocenters. The number of carbonyl (C=O) groups excluding carboxylic acids is 1. The molecule has 0 aliphatic rings. The summed E-state index contributed by atoms with van der Waals surface area (Å²) < 4.78 is 33.8. The highest BCUT2D eigenvalue weighted by Gasteiger charge is 2.25. The van der Waals surface area contributed by atoms with E-state index in [1.165, 1.54) is 47.0 Å². The van der Waals surface area contributed by atoms with Crippen molar-refractivity contribution in [3.63, 3.8) is 0 Å². The van der Waals surface area contributed by atoms with E-state index in [9.17, 15) is 23.1 Å². The quantitative estimate of drug-likeness (QED) is 0.354. The van der Waals surface area contributed by atoms with Gasteiger partial charge in [-0.2, -0.15) is 0 Å². The fourth-order valence-electron chi connectivity index (χ4n) is 3.46. The van der Waals surface area contributed by atoms with Crippen LogP contribution in [0.1, 0.15) is 0 Å². The first-order chi connectivity index (χ1) is 16.7. The fraction of sp³-hybridized carbons (Fsp3) is 0.130. The van der Waals surface area contributed by atoms with E-state index in [1.807, 2.05) is 0 Å². The van der Waals surface area contributed by atoms with Crippen LogP contribution >= 0.6 is 23.2 Å². The van der Waals surface area contributed by atoms with E-state index in [2.05, 4.69) is 5.32 Å². The van der Waals surface area contributed by atoms with Gasteiger partial charge in [0.2, 0.25) is 5.91 Å². The lowest BCUT2D eigenvalue weighted by Gasteiger charge is -2.24. The second-order valence-corrected chi connectivity index (χ2v) is 10.1. The SMILES string of the molecule is O=C(Cn1c(=O)oc2ccccc21)Nc1ccc(S(=O)(=O)N(CCO)c2ccc(Cl)c(Cl)c2)cc1. The summed E-state index contributed by atoms with van der Waals surface area (Å²) in [6.45, 7) is -0.903. The maximum Gasteiger partial charge on any atom is 0.420 e. The van der Waals surface area contributed by atoms with E-state index in [4.69, 9.17) is 27.6 Å². The molecule has 2 N–H and O–H groups in total. The van der Waals surface area contributed by atoms with Crippen LogP contribution in [0.5, 0.6) is 0 Å². The Labute approximate surface area is 210 Å². The van der Waals surface area contributed by atoms with Gasteiger partial charge in [0.25, 0.3) is 10.0 Å². The van der Waals surface area contributed by atoms with Crippen LogP contribution in [0.4, 0.5) is 11.4 Å². The molecule has 3 aromatic carbocycles. The van der Waals surface area contributed by atoms with E-state index >= 15 is 0 Å². The number of aliphatic hydroxyl groups excluding tert-OH is 1. The minimum atomic E-state index is -4.06. The predicted octanol–water partition coefficient (Wildman–Crippen LogP) is 3.73. The number of aliphatic hydroxyl groups is 1. The summed E-state index contributed by atoms with van der Waals surface area (Å²) in [5.74, 6) is -1.15. The van der Waals surface area contributed by atoms with Crippen molar-refractivity contribution in [3.05, 3.63) is 87.3 Å². The molecule has 0 radical (unpaired) electrons. The number of benzene rings is 3. The van der Waals surface area contributed by atoms with Crippen molar-refractivity contribution in [1.29, 1.82) is 0 Å². The Kier molecular flexibility index (Phi) is 7.18. The minimum absolute atomic E-state index is 0.0629. The molecule has 1 aromatic heterocycles. The number of carbonyl (C=O) groups is 1. The van der Waals surface area contributed by atoms with Gasteiger partial charge < -0.3 is 14.8 Å². The lowest BCUT2D eigenvalue weighted by Crippen LogP contribution is -2.33. The van der Waals surface area contributed by atoms with Gasteiger partial charge in [0.05, 0.1) is 39.3 Å². The highest BCUT2D eigenvalue weighted by atomic mass is 35.5. The number of aromatic nitrogens is 1. The Balaban J connectivity index is 1.53. The zero-order chi connectivity index (χ0) is 25.2. The molecule has 0 aliphatic heterocycles. The van der Waals surface area contributed by atoms with Crippen molar-refractivity contribution in [1.82, 2.24) is 4.57 Å². The van der Waals surface area contributed by atoms with Crippen LogP contribution in [-0.4, -0.2) is 37.2 Å². The topological polar surface area (TPSA) is 122 Å². The number of para-hydroxylation sites is 2. The molecule has 0 bridgehead atoms. The Bertz CT molecular complexity index is 1550. The van der Waals surface area contributed by atoms with Crippen LogP contribution in [0.3, 0.4) is 0 Å². The summed E-state index contributed by atoms with van der Waals surface area (Å²) in [4.78, 5) is 24.5. The van der Waals surface area contributed by atoms with E-state index in [0.717, 1.165) is 4.31 Å². The molecule has 0 unspecified atom stereocenters. The smallest absolute Gasteiger partial charge is 0.408 e. The molecule has 0 aliphatic carbocycles. The molecule has 4 rings (SSSR count). The third-order valence-electron chi connectivity index (χ3n) is 5.10.